The van der Waals surface area contributed by atoms with Crippen LogP contribution in [0.2, 0.25) is 5.02 Å². The number of nitrogen functional groups attached to an aromatic ring is 1. The van der Waals surface area contributed by atoms with Crippen LogP contribution in [-0.2, 0) is 0 Å². The van der Waals surface area contributed by atoms with Crippen molar-refractivity contribution in [3.8, 4) is 0 Å². The van der Waals surface area contributed by atoms with Crippen LogP contribution in [0.1, 0.15) is 12.0 Å². The van der Waals surface area contributed by atoms with Crippen LogP contribution in [0.4, 0.5) is 20.3 Å². The molecule has 0 saturated carbocycles. The van der Waals surface area contributed by atoms with Gasteiger partial charge in [-0.15, -0.1) is 0 Å². The van der Waals surface area contributed by atoms with E-state index in [0.717, 1.165) is 6.20 Å². The highest BCUT2D eigenvalue weighted by Gasteiger charge is 2.25. The van der Waals surface area contributed by atoms with Crippen LogP contribution in [0.15, 0.2) is 6.20 Å². The second-order valence-electron chi connectivity index (χ2n) is 2.31. The third-order valence-electron chi connectivity index (χ3n) is 1.48. The Morgan fingerprint density at radius 1 is 1.64 bits per heavy atom. The number of nitrogens with zero attached hydrogens (tertiary/aromatic N) is 2. The Hall–Kier alpha value is -1.50. The molecular weight excluding hydrogens is 220 g/mol. The first-order valence-corrected chi connectivity index (χ1v) is 3.69. The minimum Gasteiger partial charge on any atom is -0.383 e. The normalized spacial score (nSPS) is 10.6. The number of nitro groups is 1. The van der Waals surface area contributed by atoms with E-state index in [2.05, 4.69) is 4.98 Å². The second kappa shape index (κ2) is 3.70. The predicted molar refractivity (Wildman–Crippen MR) is 45.3 cm³/mol. The molecule has 0 aliphatic rings. The summed E-state index contributed by atoms with van der Waals surface area (Å²) in [4.78, 5) is 12.7. The number of rotatable bonds is 2. The van der Waals surface area contributed by atoms with Crippen molar-refractivity contribution in [2.45, 2.75) is 6.43 Å². The Morgan fingerprint density at radius 3 is 2.64 bits per heavy atom. The quantitative estimate of drug-likeness (QED) is 0.615. The van der Waals surface area contributed by atoms with E-state index < -0.39 is 33.4 Å². The number of hydrogen-bond acceptors (Lipinski definition) is 4. The molecule has 0 aliphatic carbocycles. The zero-order chi connectivity index (χ0) is 10.9. The van der Waals surface area contributed by atoms with Crippen LogP contribution in [0.5, 0.6) is 0 Å². The van der Waals surface area contributed by atoms with Crippen LogP contribution in [0.25, 0.3) is 0 Å². The lowest BCUT2D eigenvalue weighted by Crippen LogP contribution is -2.02. The molecule has 0 spiro atoms. The fraction of sp³-hybridized carbons (Fsp3) is 0.167. The summed E-state index contributed by atoms with van der Waals surface area (Å²) in [6.45, 7) is 0. The summed E-state index contributed by atoms with van der Waals surface area (Å²) in [5.41, 5.74) is 3.60. The van der Waals surface area contributed by atoms with Crippen LogP contribution in [-0.4, -0.2) is 9.91 Å². The van der Waals surface area contributed by atoms with Gasteiger partial charge >= 0.3 is 5.69 Å². The molecule has 76 valence electrons. The molecule has 1 aromatic rings. The maximum Gasteiger partial charge on any atom is 0.306 e. The van der Waals surface area contributed by atoms with Gasteiger partial charge < -0.3 is 5.73 Å². The fourth-order valence-corrected chi connectivity index (χ4v) is 1.14. The highest BCUT2D eigenvalue weighted by atomic mass is 35.5. The van der Waals surface area contributed by atoms with Crippen molar-refractivity contribution >= 4 is 23.1 Å². The Balaban J connectivity index is 3.41. The van der Waals surface area contributed by atoms with E-state index in [9.17, 15) is 18.9 Å². The fourth-order valence-electron chi connectivity index (χ4n) is 0.842. The van der Waals surface area contributed by atoms with E-state index in [0.29, 0.717) is 0 Å². The molecule has 0 unspecified atom stereocenters. The largest absolute Gasteiger partial charge is 0.383 e. The molecule has 5 nitrogen and oxygen atoms in total. The van der Waals surface area contributed by atoms with Crippen molar-refractivity contribution < 1.29 is 13.7 Å². The highest BCUT2D eigenvalue weighted by Crippen LogP contribution is 2.36. The molecule has 0 saturated heterocycles. The monoisotopic (exact) mass is 223 g/mol. The summed E-state index contributed by atoms with van der Waals surface area (Å²) in [5, 5.41) is 9.63. The van der Waals surface area contributed by atoms with Crippen LogP contribution in [0.3, 0.4) is 0 Å². The molecule has 0 aromatic carbocycles. The highest BCUT2D eigenvalue weighted by molar-refractivity contribution is 6.33. The Morgan fingerprint density at radius 2 is 2.21 bits per heavy atom. The first kappa shape index (κ1) is 10.6. The number of halogens is 3. The van der Waals surface area contributed by atoms with Gasteiger partial charge in [0.15, 0.2) is 0 Å². The van der Waals surface area contributed by atoms with Gasteiger partial charge in [0.2, 0.25) is 0 Å². The predicted octanol–water partition coefficient (Wildman–Crippen LogP) is 2.16. The molecule has 8 heteroatoms. The minimum atomic E-state index is -2.99. The van der Waals surface area contributed by atoms with Crippen molar-refractivity contribution in [1.82, 2.24) is 4.98 Å². The molecule has 1 rings (SSSR count). The van der Waals surface area contributed by atoms with Crippen molar-refractivity contribution in [3.63, 3.8) is 0 Å². The van der Waals surface area contributed by atoms with Crippen molar-refractivity contribution in [1.29, 1.82) is 0 Å². The van der Waals surface area contributed by atoms with Crippen LogP contribution < -0.4 is 5.73 Å². The molecular formula is C6H4ClF2N3O2. The maximum atomic E-state index is 12.3. The van der Waals surface area contributed by atoms with Crippen molar-refractivity contribution in [3.05, 3.63) is 26.9 Å². The van der Waals surface area contributed by atoms with Gasteiger partial charge in [-0.25, -0.2) is 13.8 Å². The second-order valence-corrected chi connectivity index (χ2v) is 2.69. The number of aromatic nitrogens is 1. The summed E-state index contributed by atoms with van der Waals surface area (Å²) < 4.78 is 24.6. The van der Waals surface area contributed by atoms with Crippen LogP contribution >= 0.6 is 11.6 Å². The average molecular weight is 224 g/mol. The van der Waals surface area contributed by atoms with E-state index >= 15 is 0 Å². The van der Waals surface area contributed by atoms with Gasteiger partial charge in [-0.2, -0.15) is 0 Å². The van der Waals surface area contributed by atoms with Gasteiger partial charge in [-0.3, -0.25) is 10.1 Å². The van der Waals surface area contributed by atoms with Gasteiger partial charge in [-0.1, -0.05) is 11.6 Å². The van der Waals surface area contributed by atoms with Gasteiger partial charge in [0, 0.05) is 0 Å². The SMILES string of the molecule is Nc1ncc([N+](=O)[O-])c(Cl)c1C(F)F. The standard InChI is InChI=1S/C6H4ClF2N3O2/c7-4-2(12(13)14)1-11-6(10)3(4)5(8)9/h1,5H,(H2,10,11). The zero-order valence-electron chi connectivity index (χ0n) is 6.58. The Labute approximate surface area is 81.6 Å². The summed E-state index contributed by atoms with van der Waals surface area (Å²) in [7, 11) is 0. The third-order valence-corrected chi connectivity index (χ3v) is 1.88. The minimum absolute atomic E-state index is 0.504. The van der Waals surface area contributed by atoms with Crippen molar-refractivity contribution in [2.24, 2.45) is 0 Å². The summed E-state index contributed by atoms with van der Waals surface area (Å²) >= 11 is 5.36. The molecule has 14 heavy (non-hydrogen) atoms. The number of pyridine rings is 1. The lowest BCUT2D eigenvalue weighted by Gasteiger charge is -2.05. The van der Waals surface area contributed by atoms with Gasteiger partial charge in [0.25, 0.3) is 6.43 Å². The Kier molecular flexibility index (Phi) is 2.80. The maximum absolute atomic E-state index is 12.3. The number of hydrogen-bond donors (Lipinski definition) is 1. The van der Waals surface area contributed by atoms with E-state index in [1.54, 1.807) is 0 Å². The van der Waals surface area contributed by atoms with E-state index in [4.69, 9.17) is 17.3 Å². The summed E-state index contributed by atoms with van der Waals surface area (Å²) in [6.07, 6.45) is -2.25. The smallest absolute Gasteiger partial charge is 0.306 e. The average Bonchev–Trinajstić information content (AvgIpc) is 2.02. The zero-order valence-corrected chi connectivity index (χ0v) is 7.33. The van der Waals surface area contributed by atoms with E-state index in [1.807, 2.05) is 0 Å². The Bertz CT molecular complexity index is 386. The molecule has 0 amide bonds. The first-order chi connectivity index (χ1) is 6.45. The molecule has 0 fully saturated rings. The molecule has 0 radical (unpaired) electrons. The van der Waals surface area contributed by atoms with Crippen molar-refractivity contribution in [2.75, 3.05) is 5.73 Å². The third kappa shape index (κ3) is 1.72. The lowest BCUT2D eigenvalue weighted by atomic mass is 10.2. The molecule has 2 N–H and O–H groups in total. The molecule has 0 bridgehead atoms. The number of anilines is 1. The topological polar surface area (TPSA) is 82.0 Å². The molecule has 1 heterocycles. The number of nitrogens with two attached hydrogens (primary N) is 1. The summed E-state index contributed by atoms with van der Waals surface area (Å²) in [5.74, 6) is -0.504. The molecule has 0 aliphatic heterocycles. The lowest BCUT2D eigenvalue weighted by molar-refractivity contribution is -0.385. The van der Waals surface area contributed by atoms with E-state index in [-0.39, 0.29) is 0 Å². The first-order valence-electron chi connectivity index (χ1n) is 3.31. The molecule has 0 atom stereocenters. The van der Waals surface area contributed by atoms with Crippen LogP contribution in [0, 0.1) is 10.1 Å². The summed E-state index contributed by atoms with van der Waals surface area (Å²) in [6, 6.07) is 0. The van der Waals surface area contributed by atoms with Gasteiger partial charge in [-0.05, 0) is 0 Å². The number of alkyl halides is 2. The van der Waals surface area contributed by atoms with Gasteiger partial charge in [0.05, 0.1) is 10.5 Å². The van der Waals surface area contributed by atoms with E-state index in [1.165, 1.54) is 0 Å². The van der Waals surface area contributed by atoms with Gasteiger partial charge in [0.1, 0.15) is 17.0 Å². The molecule has 1 aromatic heterocycles.